The van der Waals surface area contributed by atoms with Crippen LogP contribution in [0.25, 0.3) is 0 Å². The van der Waals surface area contributed by atoms with Gasteiger partial charge in [0, 0.05) is 22.2 Å². The van der Waals surface area contributed by atoms with Gasteiger partial charge in [-0.15, -0.1) is 11.3 Å². The zero-order chi connectivity index (χ0) is 12.0. The van der Waals surface area contributed by atoms with E-state index in [0.717, 1.165) is 12.8 Å². The fourth-order valence-corrected chi connectivity index (χ4v) is 2.81. The molecule has 0 aliphatic rings. The highest BCUT2D eigenvalue weighted by Gasteiger charge is 2.16. The Labute approximate surface area is 101 Å². The molecular formula is C12H19NO2S. The van der Waals surface area contributed by atoms with E-state index >= 15 is 0 Å². The van der Waals surface area contributed by atoms with Crippen molar-refractivity contribution in [3.05, 3.63) is 21.9 Å². The Balaban J connectivity index is 2.67. The highest BCUT2D eigenvalue weighted by Crippen LogP contribution is 2.27. The van der Waals surface area contributed by atoms with Gasteiger partial charge < -0.3 is 10.5 Å². The number of methoxy groups -OCH3 is 1. The van der Waals surface area contributed by atoms with E-state index in [4.69, 9.17) is 5.73 Å². The van der Waals surface area contributed by atoms with Crippen LogP contribution in [0.5, 0.6) is 0 Å². The van der Waals surface area contributed by atoms with Gasteiger partial charge >= 0.3 is 5.97 Å². The number of nitrogens with two attached hydrogens (primary N) is 1. The van der Waals surface area contributed by atoms with Crippen LogP contribution in [-0.2, 0) is 16.0 Å². The number of rotatable bonds is 6. The average molecular weight is 241 g/mol. The fourth-order valence-electron chi connectivity index (χ4n) is 1.58. The van der Waals surface area contributed by atoms with Crippen LogP contribution < -0.4 is 5.73 Å². The second kappa shape index (κ2) is 6.66. The number of carbonyl (C=O) groups excluding carboxylic acids is 1. The summed E-state index contributed by atoms with van der Waals surface area (Å²) >= 11 is 1.75. The molecule has 0 spiro atoms. The minimum Gasteiger partial charge on any atom is -0.469 e. The third-order valence-corrected chi connectivity index (χ3v) is 3.81. The molecule has 0 saturated heterocycles. The molecule has 1 rings (SSSR count). The van der Waals surface area contributed by atoms with E-state index in [1.807, 2.05) is 0 Å². The lowest BCUT2D eigenvalue weighted by Gasteiger charge is -2.10. The maximum absolute atomic E-state index is 11.2. The van der Waals surface area contributed by atoms with E-state index in [2.05, 4.69) is 23.8 Å². The van der Waals surface area contributed by atoms with Crippen LogP contribution >= 0.6 is 11.3 Å². The molecule has 0 aliphatic carbocycles. The van der Waals surface area contributed by atoms with Gasteiger partial charge in [-0.3, -0.25) is 4.79 Å². The van der Waals surface area contributed by atoms with Crippen LogP contribution in [0.2, 0.25) is 0 Å². The molecule has 1 heterocycles. The number of aryl methyl sites for hydroxylation is 1. The van der Waals surface area contributed by atoms with Crippen molar-refractivity contribution in [2.24, 2.45) is 5.73 Å². The molecule has 16 heavy (non-hydrogen) atoms. The molecule has 0 bridgehead atoms. The lowest BCUT2D eigenvalue weighted by Crippen LogP contribution is -2.16. The Bertz CT molecular complexity index is 336. The summed E-state index contributed by atoms with van der Waals surface area (Å²) in [6.45, 7) is 2.65. The van der Waals surface area contributed by atoms with Crippen molar-refractivity contribution in [1.29, 1.82) is 0 Å². The lowest BCUT2D eigenvalue weighted by atomic mass is 10.0. The smallest absolute Gasteiger partial charge is 0.306 e. The number of esters is 1. The summed E-state index contributed by atoms with van der Waals surface area (Å²) in [5.41, 5.74) is 5.69. The summed E-state index contributed by atoms with van der Waals surface area (Å²) in [5.74, 6) is -0.0936. The van der Waals surface area contributed by atoms with Crippen molar-refractivity contribution in [2.75, 3.05) is 13.7 Å². The van der Waals surface area contributed by atoms with Crippen molar-refractivity contribution in [1.82, 2.24) is 0 Å². The fraction of sp³-hybridized carbons (Fsp3) is 0.583. The van der Waals surface area contributed by atoms with Gasteiger partial charge in [0.2, 0.25) is 0 Å². The maximum atomic E-state index is 11.2. The number of hydrogen-bond acceptors (Lipinski definition) is 4. The minimum atomic E-state index is -0.194. The summed E-state index contributed by atoms with van der Waals surface area (Å²) in [6.07, 6.45) is 2.61. The molecular weight excluding hydrogens is 222 g/mol. The molecule has 2 N–H and O–H groups in total. The van der Waals surface area contributed by atoms with Gasteiger partial charge in [0.25, 0.3) is 0 Å². The standard InChI is InChI=1S/C12H19NO2S/c1-3-4-10-5-6-11(16-10)9(8-13)7-12(14)15-2/h5-6,9H,3-4,7-8,13H2,1-2H3. The van der Waals surface area contributed by atoms with Gasteiger partial charge in [-0.1, -0.05) is 13.3 Å². The molecule has 0 aromatic carbocycles. The zero-order valence-electron chi connectivity index (χ0n) is 9.86. The largest absolute Gasteiger partial charge is 0.469 e. The Kier molecular flexibility index (Phi) is 5.49. The second-order valence-corrected chi connectivity index (χ2v) is 4.97. The lowest BCUT2D eigenvalue weighted by molar-refractivity contribution is -0.141. The summed E-state index contributed by atoms with van der Waals surface area (Å²) in [5, 5.41) is 0. The quantitative estimate of drug-likeness (QED) is 0.778. The first-order valence-electron chi connectivity index (χ1n) is 5.56. The van der Waals surface area contributed by atoms with Crippen LogP contribution in [0, 0.1) is 0 Å². The van der Waals surface area contributed by atoms with Gasteiger partial charge in [-0.05, 0) is 18.6 Å². The molecule has 1 unspecified atom stereocenters. The second-order valence-electron chi connectivity index (χ2n) is 3.77. The van der Waals surface area contributed by atoms with Crippen LogP contribution in [0.3, 0.4) is 0 Å². The maximum Gasteiger partial charge on any atom is 0.306 e. The van der Waals surface area contributed by atoms with E-state index in [1.165, 1.54) is 16.9 Å². The average Bonchev–Trinajstić information content (AvgIpc) is 2.74. The number of thiophene rings is 1. The van der Waals surface area contributed by atoms with Gasteiger partial charge in [0.1, 0.15) is 0 Å². The Hall–Kier alpha value is -0.870. The molecule has 0 saturated carbocycles. The van der Waals surface area contributed by atoms with Gasteiger partial charge in [-0.2, -0.15) is 0 Å². The summed E-state index contributed by atoms with van der Waals surface area (Å²) < 4.78 is 4.67. The number of hydrogen-bond donors (Lipinski definition) is 1. The van der Waals surface area contributed by atoms with E-state index < -0.39 is 0 Å². The molecule has 0 amide bonds. The molecule has 0 fully saturated rings. The first-order valence-corrected chi connectivity index (χ1v) is 6.38. The highest BCUT2D eigenvalue weighted by atomic mass is 32.1. The molecule has 90 valence electrons. The molecule has 1 atom stereocenters. The molecule has 0 aliphatic heterocycles. The first-order chi connectivity index (χ1) is 7.71. The zero-order valence-corrected chi connectivity index (χ0v) is 10.7. The van der Waals surface area contributed by atoms with Crippen molar-refractivity contribution in [3.63, 3.8) is 0 Å². The molecule has 1 aromatic heterocycles. The third kappa shape index (κ3) is 3.61. The first kappa shape index (κ1) is 13.2. The molecule has 1 aromatic rings. The van der Waals surface area contributed by atoms with Crippen molar-refractivity contribution in [2.45, 2.75) is 32.1 Å². The number of carbonyl (C=O) groups is 1. The van der Waals surface area contributed by atoms with E-state index in [0.29, 0.717) is 13.0 Å². The predicted octanol–water partition coefficient (Wildman–Crippen LogP) is 2.31. The predicted molar refractivity (Wildman–Crippen MR) is 66.7 cm³/mol. The Morgan fingerprint density at radius 3 is 2.88 bits per heavy atom. The molecule has 0 radical (unpaired) electrons. The molecule has 4 heteroatoms. The Morgan fingerprint density at radius 2 is 2.31 bits per heavy atom. The normalized spacial score (nSPS) is 12.4. The third-order valence-electron chi connectivity index (χ3n) is 2.51. The SMILES string of the molecule is CCCc1ccc(C(CN)CC(=O)OC)s1. The summed E-state index contributed by atoms with van der Waals surface area (Å²) in [4.78, 5) is 13.8. The van der Waals surface area contributed by atoms with Gasteiger partial charge in [0.15, 0.2) is 0 Å². The highest BCUT2D eigenvalue weighted by molar-refractivity contribution is 7.12. The van der Waals surface area contributed by atoms with Crippen LogP contribution in [-0.4, -0.2) is 19.6 Å². The van der Waals surface area contributed by atoms with E-state index in [9.17, 15) is 4.79 Å². The Morgan fingerprint density at radius 1 is 1.56 bits per heavy atom. The monoisotopic (exact) mass is 241 g/mol. The van der Waals surface area contributed by atoms with Crippen molar-refractivity contribution in [3.8, 4) is 0 Å². The molecule has 3 nitrogen and oxygen atoms in total. The topological polar surface area (TPSA) is 52.3 Å². The summed E-state index contributed by atoms with van der Waals surface area (Å²) in [6, 6.07) is 4.21. The van der Waals surface area contributed by atoms with Gasteiger partial charge in [0.05, 0.1) is 13.5 Å². The van der Waals surface area contributed by atoms with Crippen LogP contribution in [0.1, 0.15) is 35.4 Å². The number of ether oxygens (including phenoxy) is 1. The summed E-state index contributed by atoms with van der Waals surface area (Å²) in [7, 11) is 1.41. The van der Waals surface area contributed by atoms with E-state index in [1.54, 1.807) is 11.3 Å². The van der Waals surface area contributed by atoms with Crippen LogP contribution in [0.4, 0.5) is 0 Å². The van der Waals surface area contributed by atoms with Crippen molar-refractivity contribution < 1.29 is 9.53 Å². The minimum absolute atomic E-state index is 0.100. The van der Waals surface area contributed by atoms with Crippen molar-refractivity contribution >= 4 is 17.3 Å². The van der Waals surface area contributed by atoms with Crippen LogP contribution in [0.15, 0.2) is 12.1 Å². The van der Waals surface area contributed by atoms with Gasteiger partial charge in [-0.25, -0.2) is 0 Å². The van der Waals surface area contributed by atoms with E-state index in [-0.39, 0.29) is 11.9 Å².